The third-order valence-corrected chi connectivity index (χ3v) is 3.39. The van der Waals surface area contributed by atoms with Crippen molar-refractivity contribution < 1.29 is 9.53 Å². The highest BCUT2D eigenvalue weighted by Gasteiger charge is 2.25. The van der Waals surface area contributed by atoms with Crippen molar-refractivity contribution in [2.24, 2.45) is 13.0 Å². The molecule has 0 amide bonds. The molecule has 1 atom stereocenters. The second kappa shape index (κ2) is 4.37. The van der Waals surface area contributed by atoms with Gasteiger partial charge in [0.2, 0.25) is 0 Å². The molecule has 0 saturated carbocycles. The Morgan fingerprint density at radius 3 is 2.81 bits per heavy atom. The van der Waals surface area contributed by atoms with Gasteiger partial charge in [0.15, 0.2) is 0 Å². The molecular formula is C12H18N2O2. The van der Waals surface area contributed by atoms with E-state index in [1.165, 1.54) is 0 Å². The molecule has 2 heterocycles. The molecule has 0 N–H and O–H groups in total. The molecule has 1 aliphatic rings. The van der Waals surface area contributed by atoms with Gasteiger partial charge in [-0.2, -0.15) is 5.10 Å². The minimum absolute atomic E-state index is 0.0963. The molecule has 1 fully saturated rings. The smallest absolute Gasteiger partial charge is 0.142 e. The van der Waals surface area contributed by atoms with Gasteiger partial charge >= 0.3 is 0 Å². The number of ether oxygens (including phenoxy) is 1. The summed E-state index contributed by atoms with van der Waals surface area (Å²) in [6.45, 7) is 5.28. The van der Waals surface area contributed by atoms with E-state index in [2.05, 4.69) is 5.10 Å². The number of carbonyl (C=O) groups excluding carboxylic acids is 1. The van der Waals surface area contributed by atoms with Crippen molar-refractivity contribution in [3.05, 3.63) is 17.0 Å². The van der Waals surface area contributed by atoms with Crippen LogP contribution in [0.1, 0.15) is 23.4 Å². The first-order valence-corrected chi connectivity index (χ1v) is 5.69. The zero-order valence-electron chi connectivity index (χ0n) is 10.1. The molecule has 1 unspecified atom stereocenters. The molecule has 88 valence electrons. The second-order valence-electron chi connectivity index (χ2n) is 4.48. The molecule has 1 aromatic heterocycles. The summed E-state index contributed by atoms with van der Waals surface area (Å²) in [6.07, 6.45) is 1.37. The molecule has 1 aliphatic heterocycles. The van der Waals surface area contributed by atoms with Gasteiger partial charge in [0.05, 0.1) is 12.3 Å². The number of ketones is 1. The molecule has 0 spiro atoms. The number of hydrogen-bond acceptors (Lipinski definition) is 3. The van der Waals surface area contributed by atoms with Gasteiger partial charge in [-0.3, -0.25) is 9.48 Å². The number of aromatic nitrogens is 2. The SMILES string of the molecule is Cc1nn(C)c(C)c1CC(=O)C1CCOC1. The van der Waals surface area contributed by atoms with Gasteiger partial charge in [0, 0.05) is 37.3 Å². The van der Waals surface area contributed by atoms with Crippen molar-refractivity contribution in [2.75, 3.05) is 13.2 Å². The van der Waals surface area contributed by atoms with E-state index < -0.39 is 0 Å². The van der Waals surface area contributed by atoms with Crippen molar-refractivity contribution in [3.8, 4) is 0 Å². The Kier molecular flexibility index (Phi) is 3.10. The van der Waals surface area contributed by atoms with E-state index in [0.29, 0.717) is 13.0 Å². The van der Waals surface area contributed by atoms with E-state index in [1.54, 1.807) is 0 Å². The summed E-state index contributed by atoms with van der Waals surface area (Å²) >= 11 is 0. The maximum Gasteiger partial charge on any atom is 0.142 e. The summed E-state index contributed by atoms with van der Waals surface area (Å²) in [4.78, 5) is 12.0. The van der Waals surface area contributed by atoms with Crippen LogP contribution in [0.2, 0.25) is 0 Å². The number of nitrogens with zero attached hydrogens (tertiary/aromatic N) is 2. The van der Waals surface area contributed by atoms with E-state index in [-0.39, 0.29) is 11.7 Å². The first kappa shape index (κ1) is 11.3. The Balaban J connectivity index is 2.11. The normalized spacial score (nSPS) is 20.3. The van der Waals surface area contributed by atoms with Crippen molar-refractivity contribution in [1.82, 2.24) is 9.78 Å². The number of carbonyl (C=O) groups is 1. The minimum Gasteiger partial charge on any atom is -0.381 e. The third kappa shape index (κ3) is 2.02. The van der Waals surface area contributed by atoms with Gasteiger partial charge in [-0.15, -0.1) is 0 Å². The zero-order chi connectivity index (χ0) is 11.7. The van der Waals surface area contributed by atoms with Gasteiger partial charge in [-0.05, 0) is 20.3 Å². The molecule has 4 heteroatoms. The largest absolute Gasteiger partial charge is 0.381 e. The monoisotopic (exact) mass is 222 g/mol. The van der Waals surface area contributed by atoms with Crippen LogP contribution in [-0.2, 0) is 23.0 Å². The Labute approximate surface area is 95.6 Å². The van der Waals surface area contributed by atoms with Crippen molar-refractivity contribution in [3.63, 3.8) is 0 Å². The van der Waals surface area contributed by atoms with Gasteiger partial charge in [-0.1, -0.05) is 0 Å². The van der Waals surface area contributed by atoms with E-state index in [9.17, 15) is 4.79 Å². The minimum atomic E-state index is 0.0963. The first-order chi connectivity index (χ1) is 7.59. The summed E-state index contributed by atoms with van der Waals surface area (Å²) in [5.74, 6) is 0.385. The number of Topliss-reactive ketones (excluding diaryl/α,β-unsaturated/α-hetero) is 1. The average Bonchev–Trinajstić information content (AvgIpc) is 2.83. The number of aryl methyl sites for hydroxylation is 2. The van der Waals surface area contributed by atoms with Crippen LogP contribution in [0.15, 0.2) is 0 Å². The Morgan fingerprint density at radius 2 is 2.31 bits per heavy atom. The summed E-state index contributed by atoms with van der Waals surface area (Å²) in [6, 6.07) is 0. The predicted octanol–water partition coefficient (Wildman–Crippen LogP) is 1.19. The lowest BCUT2D eigenvalue weighted by molar-refractivity contribution is -0.122. The van der Waals surface area contributed by atoms with Gasteiger partial charge < -0.3 is 4.74 Å². The lowest BCUT2D eigenvalue weighted by Gasteiger charge is -2.06. The molecule has 4 nitrogen and oxygen atoms in total. The standard InChI is InChI=1S/C12H18N2O2/c1-8-11(9(2)14(3)13-8)6-12(15)10-4-5-16-7-10/h10H,4-7H2,1-3H3. The quantitative estimate of drug-likeness (QED) is 0.771. The maximum absolute atomic E-state index is 12.0. The first-order valence-electron chi connectivity index (χ1n) is 5.69. The van der Waals surface area contributed by atoms with Crippen LogP contribution >= 0.6 is 0 Å². The van der Waals surface area contributed by atoms with Crippen LogP contribution in [0.5, 0.6) is 0 Å². The van der Waals surface area contributed by atoms with Crippen LogP contribution < -0.4 is 0 Å². The molecular weight excluding hydrogens is 204 g/mol. The highest BCUT2D eigenvalue weighted by atomic mass is 16.5. The fourth-order valence-electron chi connectivity index (χ4n) is 2.18. The van der Waals surface area contributed by atoms with E-state index in [4.69, 9.17) is 4.74 Å². The molecule has 2 rings (SSSR count). The van der Waals surface area contributed by atoms with Crippen LogP contribution in [-0.4, -0.2) is 28.8 Å². The van der Waals surface area contributed by atoms with E-state index in [0.717, 1.165) is 30.0 Å². The second-order valence-corrected chi connectivity index (χ2v) is 4.48. The Bertz CT molecular complexity index is 403. The fourth-order valence-corrected chi connectivity index (χ4v) is 2.18. The van der Waals surface area contributed by atoms with Crippen LogP contribution in [0.25, 0.3) is 0 Å². The zero-order valence-corrected chi connectivity index (χ0v) is 10.1. The lowest BCUT2D eigenvalue weighted by atomic mass is 9.96. The third-order valence-electron chi connectivity index (χ3n) is 3.39. The molecule has 0 aromatic carbocycles. The Hall–Kier alpha value is -1.16. The molecule has 1 aromatic rings. The summed E-state index contributed by atoms with van der Waals surface area (Å²) in [5, 5.41) is 4.32. The van der Waals surface area contributed by atoms with Crippen molar-refractivity contribution in [1.29, 1.82) is 0 Å². The molecule has 1 saturated heterocycles. The fraction of sp³-hybridized carbons (Fsp3) is 0.667. The molecule has 0 radical (unpaired) electrons. The van der Waals surface area contributed by atoms with Crippen molar-refractivity contribution in [2.45, 2.75) is 26.7 Å². The predicted molar refractivity (Wildman–Crippen MR) is 60.3 cm³/mol. The van der Waals surface area contributed by atoms with E-state index in [1.807, 2.05) is 25.6 Å². The summed E-state index contributed by atoms with van der Waals surface area (Å²) in [5.41, 5.74) is 3.14. The highest BCUT2D eigenvalue weighted by Crippen LogP contribution is 2.19. The summed E-state index contributed by atoms with van der Waals surface area (Å²) in [7, 11) is 1.91. The van der Waals surface area contributed by atoms with Crippen LogP contribution in [0.4, 0.5) is 0 Å². The lowest BCUT2D eigenvalue weighted by Crippen LogP contribution is -2.17. The molecule has 16 heavy (non-hydrogen) atoms. The molecule has 0 bridgehead atoms. The van der Waals surface area contributed by atoms with Gasteiger partial charge in [0.25, 0.3) is 0 Å². The van der Waals surface area contributed by atoms with Crippen LogP contribution in [0.3, 0.4) is 0 Å². The Morgan fingerprint density at radius 1 is 1.56 bits per heavy atom. The van der Waals surface area contributed by atoms with E-state index >= 15 is 0 Å². The number of hydrogen-bond donors (Lipinski definition) is 0. The maximum atomic E-state index is 12.0. The number of rotatable bonds is 3. The van der Waals surface area contributed by atoms with Gasteiger partial charge in [-0.25, -0.2) is 0 Å². The summed E-state index contributed by atoms with van der Waals surface area (Å²) < 4.78 is 7.08. The molecule has 0 aliphatic carbocycles. The topological polar surface area (TPSA) is 44.1 Å². The highest BCUT2D eigenvalue weighted by molar-refractivity contribution is 5.84. The van der Waals surface area contributed by atoms with Crippen molar-refractivity contribution >= 4 is 5.78 Å². The van der Waals surface area contributed by atoms with Gasteiger partial charge in [0.1, 0.15) is 5.78 Å². The van der Waals surface area contributed by atoms with Crippen LogP contribution in [0, 0.1) is 19.8 Å². The average molecular weight is 222 g/mol.